The molecular formula is C52H33N3O. The Kier molecular flexibility index (Phi) is 7.36. The van der Waals surface area contributed by atoms with Gasteiger partial charge >= 0.3 is 0 Å². The highest BCUT2D eigenvalue weighted by molar-refractivity contribution is 6.12. The molecule has 8 aromatic carbocycles. The van der Waals surface area contributed by atoms with Crippen LogP contribution in [0.15, 0.2) is 205 Å². The molecule has 2 aromatic heterocycles. The van der Waals surface area contributed by atoms with Crippen molar-refractivity contribution in [1.82, 2.24) is 15.0 Å². The van der Waals surface area contributed by atoms with Gasteiger partial charge in [-0.2, -0.15) is 0 Å². The van der Waals surface area contributed by atoms with Gasteiger partial charge in [0.05, 0.1) is 5.41 Å². The summed E-state index contributed by atoms with van der Waals surface area (Å²) in [5.41, 5.74) is 13.7. The Balaban J connectivity index is 1.07. The van der Waals surface area contributed by atoms with Crippen LogP contribution in [0.3, 0.4) is 0 Å². The van der Waals surface area contributed by atoms with Gasteiger partial charge in [0.15, 0.2) is 17.5 Å². The minimum Gasteiger partial charge on any atom is -0.456 e. The molecular weight excluding hydrogens is 683 g/mol. The lowest BCUT2D eigenvalue weighted by atomic mass is 9.67. The quantitative estimate of drug-likeness (QED) is 0.172. The molecule has 4 heteroatoms. The first kappa shape index (κ1) is 32.0. The lowest BCUT2D eigenvalue weighted by Gasteiger charge is -2.33. The number of hydrogen-bond acceptors (Lipinski definition) is 4. The Labute approximate surface area is 324 Å². The molecule has 0 saturated heterocycles. The molecule has 262 valence electrons. The summed E-state index contributed by atoms with van der Waals surface area (Å²) in [4.78, 5) is 14.9. The topological polar surface area (TPSA) is 51.8 Å². The van der Waals surface area contributed by atoms with Crippen LogP contribution < -0.4 is 0 Å². The van der Waals surface area contributed by atoms with E-state index < -0.39 is 5.41 Å². The summed E-state index contributed by atoms with van der Waals surface area (Å²) in [5.74, 6) is 1.90. The molecule has 0 saturated carbocycles. The van der Waals surface area contributed by atoms with Crippen molar-refractivity contribution in [2.75, 3.05) is 0 Å². The summed E-state index contributed by atoms with van der Waals surface area (Å²) in [6, 6.07) is 70.4. The normalized spacial score (nSPS) is 12.8. The van der Waals surface area contributed by atoms with Gasteiger partial charge in [-0.15, -0.1) is 0 Å². The largest absolute Gasteiger partial charge is 0.456 e. The van der Waals surface area contributed by atoms with E-state index in [1.54, 1.807) is 0 Å². The molecule has 2 heterocycles. The molecule has 4 nitrogen and oxygen atoms in total. The van der Waals surface area contributed by atoms with E-state index in [0.29, 0.717) is 17.5 Å². The lowest BCUT2D eigenvalue weighted by molar-refractivity contribution is 0.665. The second kappa shape index (κ2) is 12.9. The van der Waals surface area contributed by atoms with Crippen molar-refractivity contribution in [1.29, 1.82) is 0 Å². The minimum atomic E-state index is -0.499. The number of fused-ring (bicyclic) bond motifs is 6. The molecule has 1 aliphatic rings. The fraction of sp³-hybridized carbons (Fsp3) is 0.0192. The molecule has 0 aliphatic heterocycles. The van der Waals surface area contributed by atoms with Gasteiger partial charge in [0.2, 0.25) is 0 Å². The van der Waals surface area contributed by atoms with E-state index in [0.717, 1.165) is 49.8 Å². The van der Waals surface area contributed by atoms with Crippen LogP contribution in [0.5, 0.6) is 0 Å². The summed E-state index contributed by atoms with van der Waals surface area (Å²) in [7, 11) is 0. The fourth-order valence-corrected chi connectivity index (χ4v) is 8.77. The van der Waals surface area contributed by atoms with E-state index in [2.05, 4.69) is 140 Å². The third kappa shape index (κ3) is 4.96. The monoisotopic (exact) mass is 715 g/mol. The molecule has 10 aromatic rings. The van der Waals surface area contributed by atoms with Crippen molar-refractivity contribution in [2.45, 2.75) is 5.41 Å². The highest BCUT2D eigenvalue weighted by Crippen LogP contribution is 2.56. The summed E-state index contributed by atoms with van der Waals surface area (Å²) in [5, 5.41) is 2.16. The first-order chi connectivity index (χ1) is 27.8. The van der Waals surface area contributed by atoms with E-state index in [1.807, 2.05) is 60.7 Å². The fourth-order valence-electron chi connectivity index (χ4n) is 8.77. The highest BCUT2D eigenvalue weighted by atomic mass is 16.3. The summed E-state index contributed by atoms with van der Waals surface area (Å²) in [6.07, 6.45) is 0. The van der Waals surface area contributed by atoms with Crippen LogP contribution in [0.2, 0.25) is 0 Å². The third-order valence-electron chi connectivity index (χ3n) is 11.2. The van der Waals surface area contributed by atoms with Gasteiger partial charge in [0.25, 0.3) is 0 Å². The highest BCUT2D eigenvalue weighted by Gasteiger charge is 2.46. The van der Waals surface area contributed by atoms with Gasteiger partial charge in [0, 0.05) is 27.5 Å². The summed E-state index contributed by atoms with van der Waals surface area (Å²) < 4.78 is 6.78. The van der Waals surface area contributed by atoms with Gasteiger partial charge in [-0.3, -0.25) is 0 Å². The second-order valence-electron chi connectivity index (χ2n) is 14.3. The number of rotatable bonds is 6. The average molecular weight is 716 g/mol. The SMILES string of the molecule is c1ccc(-c2nc(-c3ccccc3)nc(-c3cccc(-c4cccc5oc6cc(C7(c8ccccc8)c8ccccc8-c8ccccc87)ccc6c45)c3)n2)cc1. The Morgan fingerprint density at radius 1 is 0.339 bits per heavy atom. The molecule has 0 spiro atoms. The van der Waals surface area contributed by atoms with Crippen molar-refractivity contribution in [2.24, 2.45) is 0 Å². The Morgan fingerprint density at radius 3 is 1.48 bits per heavy atom. The Hall–Kier alpha value is -7.43. The van der Waals surface area contributed by atoms with Crippen LogP contribution in [0.25, 0.3) is 78.4 Å². The lowest BCUT2D eigenvalue weighted by Crippen LogP contribution is -2.28. The van der Waals surface area contributed by atoms with Gasteiger partial charge in [-0.25, -0.2) is 15.0 Å². The van der Waals surface area contributed by atoms with E-state index in [-0.39, 0.29) is 0 Å². The minimum absolute atomic E-state index is 0.499. The zero-order valence-electron chi connectivity index (χ0n) is 30.3. The van der Waals surface area contributed by atoms with Gasteiger partial charge in [0.1, 0.15) is 11.2 Å². The molecule has 0 atom stereocenters. The summed E-state index contributed by atoms with van der Waals surface area (Å²) >= 11 is 0. The van der Waals surface area contributed by atoms with Gasteiger partial charge in [-0.05, 0) is 62.7 Å². The van der Waals surface area contributed by atoms with Crippen LogP contribution in [0.1, 0.15) is 22.3 Å². The van der Waals surface area contributed by atoms with Crippen molar-refractivity contribution >= 4 is 21.9 Å². The summed E-state index contributed by atoms with van der Waals surface area (Å²) in [6.45, 7) is 0. The second-order valence-corrected chi connectivity index (χ2v) is 14.3. The first-order valence-corrected chi connectivity index (χ1v) is 18.9. The molecule has 56 heavy (non-hydrogen) atoms. The van der Waals surface area contributed by atoms with Crippen molar-refractivity contribution < 1.29 is 4.42 Å². The first-order valence-electron chi connectivity index (χ1n) is 18.9. The Bertz CT molecular complexity index is 2980. The van der Waals surface area contributed by atoms with E-state index in [1.165, 1.54) is 33.4 Å². The van der Waals surface area contributed by atoms with E-state index in [4.69, 9.17) is 19.4 Å². The molecule has 0 N–H and O–H groups in total. The zero-order chi connectivity index (χ0) is 37.1. The Morgan fingerprint density at radius 2 is 0.839 bits per heavy atom. The number of nitrogens with zero attached hydrogens (tertiary/aromatic N) is 3. The number of hydrogen-bond donors (Lipinski definition) is 0. The van der Waals surface area contributed by atoms with Crippen LogP contribution in [-0.2, 0) is 5.41 Å². The predicted octanol–water partition coefficient (Wildman–Crippen LogP) is 12.8. The van der Waals surface area contributed by atoms with Crippen molar-refractivity contribution in [3.8, 4) is 56.4 Å². The number of furan rings is 1. The molecule has 11 rings (SSSR count). The van der Waals surface area contributed by atoms with Crippen LogP contribution in [-0.4, -0.2) is 15.0 Å². The van der Waals surface area contributed by atoms with Gasteiger partial charge < -0.3 is 4.42 Å². The van der Waals surface area contributed by atoms with Crippen LogP contribution in [0, 0.1) is 0 Å². The maximum absolute atomic E-state index is 6.78. The smallest absolute Gasteiger partial charge is 0.164 e. The maximum Gasteiger partial charge on any atom is 0.164 e. The number of aromatic nitrogens is 3. The van der Waals surface area contributed by atoms with Crippen LogP contribution in [0.4, 0.5) is 0 Å². The van der Waals surface area contributed by atoms with Crippen LogP contribution >= 0.6 is 0 Å². The molecule has 0 unspecified atom stereocenters. The van der Waals surface area contributed by atoms with E-state index >= 15 is 0 Å². The van der Waals surface area contributed by atoms with E-state index in [9.17, 15) is 0 Å². The average Bonchev–Trinajstić information content (AvgIpc) is 3.81. The predicted molar refractivity (Wildman–Crippen MR) is 226 cm³/mol. The molecule has 0 fully saturated rings. The molecule has 0 amide bonds. The standard InChI is InChI=1S/C52H33N3O/c1-4-16-34(17-5-1)49-53-50(35-18-6-2-7-19-35)55-51(54-49)37-21-14-20-36(32-37)40-26-15-29-46-48(40)43-31-30-39(33-47(43)56-46)52(38-22-8-3-9-23-38)44-27-12-10-24-41(44)42-25-11-13-28-45(42)52/h1-33H. The van der Waals surface area contributed by atoms with Crippen molar-refractivity contribution in [3.05, 3.63) is 222 Å². The molecule has 0 radical (unpaired) electrons. The number of benzene rings is 8. The maximum atomic E-state index is 6.78. The molecule has 1 aliphatic carbocycles. The van der Waals surface area contributed by atoms with Crippen molar-refractivity contribution in [3.63, 3.8) is 0 Å². The molecule has 0 bridgehead atoms. The van der Waals surface area contributed by atoms with Gasteiger partial charge in [-0.1, -0.05) is 182 Å². The third-order valence-corrected chi connectivity index (χ3v) is 11.2. The zero-order valence-corrected chi connectivity index (χ0v) is 30.3.